The van der Waals surface area contributed by atoms with E-state index in [1.807, 2.05) is 11.8 Å². The maximum atomic E-state index is 12.4. The number of halogens is 1. The molecule has 0 bridgehead atoms. The largest absolute Gasteiger partial charge is 0.504 e. The predicted molar refractivity (Wildman–Crippen MR) is 115 cm³/mol. The number of amides is 1. The standard InChI is InChI=1S/C22H27ClN2O7/c1-10-13(20(22(31)32)25-19(10)18(11(2)26)21(25)30)9-24(3)6-4-5-15(27)12-7-16(28)17(29)8-14(12)23/h7-8,10-11,18-19,26,28-29H,4-6,9H2,1-3H3,(H,31,32)/t10-,11+,18+,19+/m0/s1. The number of fused-ring (bicyclic) bond motifs is 1. The Kier molecular flexibility index (Phi) is 6.83. The average Bonchev–Trinajstić information content (AvgIpc) is 2.93. The second kappa shape index (κ2) is 9.09. The number of β-lactam (4-membered cyclic amide) rings is 1. The van der Waals surface area contributed by atoms with Gasteiger partial charge in [-0.1, -0.05) is 18.5 Å². The first-order chi connectivity index (χ1) is 15.0. The van der Waals surface area contributed by atoms with E-state index in [4.69, 9.17) is 11.6 Å². The number of carboxylic acids is 1. The van der Waals surface area contributed by atoms with Gasteiger partial charge in [-0.15, -0.1) is 0 Å². The Hall–Kier alpha value is -2.62. The van der Waals surface area contributed by atoms with Crippen molar-refractivity contribution in [3.05, 3.63) is 34.0 Å². The van der Waals surface area contributed by atoms with Crippen LogP contribution in [0.1, 0.15) is 37.0 Å². The highest BCUT2D eigenvalue weighted by Gasteiger charge is 2.59. The number of phenols is 2. The smallest absolute Gasteiger partial charge is 0.352 e. The third-order valence-corrected chi connectivity index (χ3v) is 6.58. The van der Waals surface area contributed by atoms with E-state index >= 15 is 0 Å². The number of likely N-dealkylation sites (N-methyl/N-ethyl adjacent to an activating group) is 1. The molecule has 1 aromatic rings. The number of aromatic hydroxyl groups is 2. The van der Waals surface area contributed by atoms with Crippen LogP contribution in [0.4, 0.5) is 0 Å². The molecule has 0 radical (unpaired) electrons. The van der Waals surface area contributed by atoms with Crippen molar-refractivity contribution >= 4 is 29.3 Å². The molecular weight excluding hydrogens is 440 g/mol. The molecule has 3 rings (SSSR count). The number of hydrogen-bond acceptors (Lipinski definition) is 7. The fraction of sp³-hybridized carbons (Fsp3) is 0.500. The summed E-state index contributed by atoms with van der Waals surface area (Å²) in [5.41, 5.74) is 0.731. The molecule has 32 heavy (non-hydrogen) atoms. The van der Waals surface area contributed by atoms with E-state index in [1.165, 1.54) is 11.8 Å². The molecule has 1 fully saturated rings. The van der Waals surface area contributed by atoms with Crippen LogP contribution in [-0.2, 0) is 9.59 Å². The zero-order chi connectivity index (χ0) is 23.9. The number of carbonyl (C=O) groups excluding carboxylic acids is 2. The fourth-order valence-electron chi connectivity index (χ4n) is 4.63. The Bertz CT molecular complexity index is 991. The number of ketones is 1. The average molecular weight is 467 g/mol. The quantitative estimate of drug-likeness (QED) is 0.245. The van der Waals surface area contributed by atoms with Crippen molar-refractivity contribution in [1.82, 2.24) is 9.80 Å². The fourth-order valence-corrected chi connectivity index (χ4v) is 4.90. The predicted octanol–water partition coefficient (Wildman–Crippen LogP) is 1.84. The van der Waals surface area contributed by atoms with Crippen molar-refractivity contribution in [2.75, 3.05) is 20.1 Å². The van der Waals surface area contributed by atoms with Crippen LogP contribution in [0.2, 0.25) is 5.02 Å². The van der Waals surface area contributed by atoms with Gasteiger partial charge >= 0.3 is 5.97 Å². The summed E-state index contributed by atoms with van der Waals surface area (Å²) in [4.78, 5) is 39.9. The van der Waals surface area contributed by atoms with Gasteiger partial charge in [-0.2, -0.15) is 0 Å². The van der Waals surface area contributed by atoms with Crippen LogP contribution in [0, 0.1) is 11.8 Å². The number of carboxylic acid groups (broad SMARTS) is 1. The van der Waals surface area contributed by atoms with Gasteiger partial charge in [0, 0.05) is 30.5 Å². The number of nitrogens with zero attached hydrogens (tertiary/aromatic N) is 2. The number of benzene rings is 1. The van der Waals surface area contributed by atoms with Crippen LogP contribution < -0.4 is 0 Å². The Morgan fingerprint density at radius 3 is 2.47 bits per heavy atom. The van der Waals surface area contributed by atoms with Gasteiger partial charge in [0.15, 0.2) is 17.3 Å². The van der Waals surface area contributed by atoms with Crippen molar-refractivity contribution < 1.29 is 34.8 Å². The van der Waals surface area contributed by atoms with Crippen molar-refractivity contribution in [2.24, 2.45) is 11.8 Å². The highest BCUT2D eigenvalue weighted by atomic mass is 35.5. The van der Waals surface area contributed by atoms with Crippen LogP contribution in [-0.4, -0.2) is 80.2 Å². The lowest BCUT2D eigenvalue weighted by molar-refractivity contribution is -0.163. The van der Waals surface area contributed by atoms with E-state index in [2.05, 4.69) is 0 Å². The number of aliphatic carboxylic acids is 1. The van der Waals surface area contributed by atoms with Gasteiger partial charge < -0.3 is 30.2 Å². The number of rotatable bonds is 9. The van der Waals surface area contributed by atoms with E-state index < -0.39 is 29.5 Å². The lowest BCUT2D eigenvalue weighted by Gasteiger charge is -2.46. The van der Waals surface area contributed by atoms with Gasteiger partial charge in [-0.05, 0) is 38.6 Å². The minimum Gasteiger partial charge on any atom is -0.504 e. The monoisotopic (exact) mass is 466 g/mol. The first-order valence-electron chi connectivity index (χ1n) is 10.4. The van der Waals surface area contributed by atoms with Gasteiger partial charge in [0.25, 0.3) is 0 Å². The third kappa shape index (κ3) is 4.20. The molecule has 1 amide bonds. The number of aliphatic hydroxyl groups is 1. The lowest BCUT2D eigenvalue weighted by atomic mass is 9.77. The molecule has 10 heteroatoms. The summed E-state index contributed by atoms with van der Waals surface area (Å²) in [6, 6.07) is 1.89. The van der Waals surface area contributed by atoms with Crippen LogP contribution >= 0.6 is 11.6 Å². The van der Waals surface area contributed by atoms with Crippen LogP contribution in [0.3, 0.4) is 0 Å². The number of phenolic OH excluding ortho intramolecular Hbond substituents is 2. The number of Topliss-reactive ketones (excluding diaryl/α,β-unsaturated/α-hetero) is 1. The molecule has 4 N–H and O–H groups in total. The number of hydrogen-bond donors (Lipinski definition) is 4. The topological polar surface area (TPSA) is 139 Å². The van der Waals surface area contributed by atoms with E-state index in [0.29, 0.717) is 25.1 Å². The number of aliphatic hydroxyl groups excluding tert-OH is 1. The zero-order valence-corrected chi connectivity index (χ0v) is 18.8. The highest BCUT2D eigenvalue weighted by molar-refractivity contribution is 6.34. The van der Waals surface area contributed by atoms with E-state index in [0.717, 1.165) is 12.1 Å². The summed E-state index contributed by atoms with van der Waals surface area (Å²) in [6.07, 6.45) is -0.248. The maximum absolute atomic E-state index is 12.4. The van der Waals surface area contributed by atoms with Crippen molar-refractivity contribution in [3.8, 4) is 11.5 Å². The van der Waals surface area contributed by atoms with E-state index in [-0.39, 0.29) is 46.4 Å². The molecule has 2 heterocycles. The Morgan fingerprint density at radius 1 is 1.25 bits per heavy atom. The Balaban J connectivity index is 1.63. The van der Waals surface area contributed by atoms with Gasteiger partial charge in [0.1, 0.15) is 5.70 Å². The minimum atomic E-state index is -1.17. The molecule has 2 aliphatic rings. The molecule has 2 aliphatic heterocycles. The Morgan fingerprint density at radius 2 is 1.88 bits per heavy atom. The zero-order valence-electron chi connectivity index (χ0n) is 18.1. The SMILES string of the molecule is C[C@@H](O)[C@H]1C(=O)N2C(C(=O)O)=C(CN(C)CCCC(=O)c3cc(O)c(O)cc3Cl)[C@H](C)[C@H]12. The summed E-state index contributed by atoms with van der Waals surface area (Å²) >= 11 is 5.98. The van der Waals surface area contributed by atoms with Gasteiger partial charge in [0.05, 0.1) is 23.1 Å². The molecule has 1 aromatic carbocycles. The first kappa shape index (κ1) is 24.0. The molecule has 1 saturated heterocycles. The molecule has 9 nitrogen and oxygen atoms in total. The number of carbonyl (C=O) groups is 3. The molecule has 0 spiro atoms. The van der Waals surface area contributed by atoms with E-state index in [1.54, 1.807) is 7.05 Å². The summed E-state index contributed by atoms with van der Waals surface area (Å²) < 4.78 is 0. The molecule has 0 saturated carbocycles. The summed E-state index contributed by atoms with van der Waals surface area (Å²) in [7, 11) is 1.80. The van der Waals surface area contributed by atoms with Gasteiger partial charge in [-0.25, -0.2) is 4.79 Å². The molecule has 0 aromatic heterocycles. The van der Waals surface area contributed by atoms with Crippen molar-refractivity contribution in [3.63, 3.8) is 0 Å². The molecule has 4 atom stereocenters. The highest BCUT2D eigenvalue weighted by Crippen LogP contribution is 2.47. The minimum absolute atomic E-state index is 0.0151. The lowest BCUT2D eigenvalue weighted by Crippen LogP contribution is -2.63. The summed E-state index contributed by atoms with van der Waals surface area (Å²) in [5.74, 6) is -3.46. The Labute approximate surface area is 190 Å². The van der Waals surface area contributed by atoms with Crippen LogP contribution in [0.15, 0.2) is 23.4 Å². The van der Waals surface area contributed by atoms with Crippen molar-refractivity contribution in [1.29, 1.82) is 0 Å². The molecular formula is C22H27ClN2O7. The third-order valence-electron chi connectivity index (χ3n) is 6.27. The van der Waals surface area contributed by atoms with Crippen LogP contribution in [0.25, 0.3) is 0 Å². The van der Waals surface area contributed by atoms with Gasteiger partial charge in [-0.3, -0.25) is 9.59 Å². The normalized spacial score (nSPS) is 23.4. The molecule has 174 valence electrons. The summed E-state index contributed by atoms with van der Waals surface area (Å²) in [6.45, 7) is 4.19. The van der Waals surface area contributed by atoms with Crippen LogP contribution in [0.5, 0.6) is 11.5 Å². The second-order valence-corrected chi connectivity index (χ2v) is 8.93. The van der Waals surface area contributed by atoms with Crippen molar-refractivity contribution in [2.45, 2.75) is 38.8 Å². The molecule has 0 unspecified atom stereocenters. The van der Waals surface area contributed by atoms with Gasteiger partial charge in [0.2, 0.25) is 5.91 Å². The maximum Gasteiger partial charge on any atom is 0.352 e. The molecule has 0 aliphatic carbocycles. The summed E-state index contributed by atoms with van der Waals surface area (Å²) in [5, 5.41) is 38.7. The van der Waals surface area contributed by atoms with E-state index in [9.17, 15) is 34.8 Å². The first-order valence-corrected chi connectivity index (χ1v) is 10.7. The second-order valence-electron chi connectivity index (χ2n) is 8.52.